The smallest absolute Gasteiger partial charge is 0.420 e. The van der Waals surface area contributed by atoms with Crippen LogP contribution in [-0.4, -0.2) is 37.3 Å². The molecule has 0 aliphatic heterocycles. The van der Waals surface area contributed by atoms with Gasteiger partial charge in [-0.2, -0.15) is 0 Å². The lowest BCUT2D eigenvalue weighted by Gasteiger charge is -2.10. The zero-order chi connectivity index (χ0) is 20.8. The summed E-state index contributed by atoms with van der Waals surface area (Å²) in [6, 6.07) is 12.0. The molecule has 29 heavy (non-hydrogen) atoms. The molecule has 0 saturated heterocycles. The van der Waals surface area contributed by atoms with Crippen LogP contribution in [0.3, 0.4) is 0 Å². The number of methoxy groups -OCH3 is 2. The van der Waals surface area contributed by atoms with Crippen LogP contribution in [0, 0.1) is 0 Å². The first kappa shape index (κ1) is 20.0. The van der Waals surface area contributed by atoms with Crippen LogP contribution < -0.4 is 20.5 Å². The van der Waals surface area contributed by atoms with Crippen molar-refractivity contribution in [2.75, 3.05) is 20.8 Å². The maximum atomic E-state index is 12.0. The number of nitrogens with one attached hydrogen (secondary N) is 1. The summed E-state index contributed by atoms with van der Waals surface area (Å²) in [5.41, 5.74) is 1.64. The Morgan fingerprint density at radius 3 is 2.59 bits per heavy atom. The lowest BCUT2D eigenvalue weighted by Crippen LogP contribution is -2.30. The molecule has 1 N–H and O–H groups in total. The first-order valence-corrected chi connectivity index (χ1v) is 8.73. The highest BCUT2D eigenvalue weighted by atomic mass is 16.5. The predicted octanol–water partition coefficient (Wildman–Crippen LogP) is 1.47. The van der Waals surface area contributed by atoms with Crippen molar-refractivity contribution in [3.63, 3.8) is 0 Å². The number of aromatic nitrogens is 1. The van der Waals surface area contributed by atoms with E-state index in [0.717, 1.165) is 10.1 Å². The molecule has 0 spiro atoms. The normalized spacial score (nSPS) is 10.6. The SMILES string of the molecule is COc1ccc(CNC(=O)COC(=O)Cn2c(=O)oc3ccccc32)cc1OC. The Morgan fingerprint density at radius 2 is 1.83 bits per heavy atom. The third-order valence-electron chi connectivity index (χ3n) is 4.16. The molecule has 9 heteroatoms. The summed E-state index contributed by atoms with van der Waals surface area (Å²) in [5, 5.41) is 2.64. The van der Waals surface area contributed by atoms with E-state index >= 15 is 0 Å². The molecule has 3 rings (SSSR count). The lowest BCUT2D eigenvalue weighted by atomic mass is 10.2. The van der Waals surface area contributed by atoms with E-state index in [0.29, 0.717) is 22.6 Å². The van der Waals surface area contributed by atoms with Crippen molar-refractivity contribution < 1.29 is 28.2 Å². The van der Waals surface area contributed by atoms with Crippen LogP contribution in [0.1, 0.15) is 5.56 Å². The van der Waals surface area contributed by atoms with Gasteiger partial charge in [-0.15, -0.1) is 0 Å². The van der Waals surface area contributed by atoms with E-state index < -0.39 is 24.2 Å². The number of ether oxygens (including phenoxy) is 3. The van der Waals surface area contributed by atoms with E-state index in [-0.39, 0.29) is 13.1 Å². The molecule has 0 atom stereocenters. The van der Waals surface area contributed by atoms with E-state index in [1.807, 2.05) is 0 Å². The lowest BCUT2D eigenvalue weighted by molar-refractivity contribution is -0.149. The zero-order valence-electron chi connectivity index (χ0n) is 16.0. The molecule has 1 amide bonds. The molecule has 2 aromatic carbocycles. The number of carbonyl (C=O) groups excluding carboxylic acids is 2. The van der Waals surface area contributed by atoms with Gasteiger partial charge in [0.1, 0.15) is 6.54 Å². The number of para-hydroxylation sites is 2. The maximum absolute atomic E-state index is 12.0. The van der Waals surface area contributed by atoms with Crippen molar-refractivity contribution in [3.8, 4) is 11.5 Å². The number of hydrogen-bond donors (Lipinski definition) is 1. The number of benzene rings is 2. The fraction of sp³-hybridized carbons (Fsp3) is 0.250. The quantitative estimate of drug-likeness (QED) is 0.570. The highest BCUT2D eigenvalue weighted by molar-refractivity contribution is 5.81. The molecule has 1 heterocycles. The van der Waals surface area contributed by atoms with Gasteiger partial charge in [0.25, 0.3) is 5.91 Å². The van der Waals surface area contributed by atoms with Gasteiger partial charge in [-0.25, -0.2) is 4.79 Å². The molecule has 0 aliphatic carbocycles. The second-order valence-electron chi connectivity index (χ2n) is 6.05. The maximum Gasteiger partial charge on any atom is 0.420 e. The molecule has 0 fully saturated rings. The van der Waals surface area contributed by atoms with Crippen molar-refractivity contribution in [2.45, 2.75) is 13.1 Å². The van der Waals surface area contributed by atoms with E-state index in [4.69, 9.17) is 18.6 Å². The third-order valence-corrected chi connectivity index (χ3v) is 4.16. The van der Waals surface area contributed by atoms with Gasteiger partial charge < -0.3 is 23.9 Å². The van der Waals surface area contributed by atoms with Crippen molar-refractivity contribution in [3.05, 3.63) is 58.6 Å². The number of nitrogens with zero attached hydrogens (tertiary/aromatic N) is 1. The first-order valence-electron chi connectivity index (χ1n) is 8.73. The minimum Gasteiger partial charge on any atom is -0.493 e. The number of oxazole rings is 1. The molecule has 0 saturated carbocycles. The van der Waals surface area contributed by atoms with Crippen molar-refractivity contribution in [1.82, 2.24) is 9.88 Å². The van der Waals surface area contributed by atoms with Crippen LogP contribution in [-0.2, 0) is 27.4 Å². The Morgan fingerprint density at radius 1 is 1.07 bits per heavy atom. The molecule has 3 aromatic rings. The molecule has 0 aliphatic rings. The molecular formula is C20H20N2O7. The molecule has 0 unspecified atom stereocenters. The monoisotopic (exact) mass is 400 g/mol. The molecule has 152 valence electrons. The van der Waals surface area contributed by atoms with Crippen LogP contribution in [0.4, 0.5) is 0 Å². The Bertz CT molecular complexity index is 1080. The van der Waals surface area contributed by atoms with Crippen LogP contribution in [0.5, 0.6) is 11.5 Å². The van der Waals surface area contributed by atoms with E-state index in [1.165, 1.54) is 14.2 Å². The largest absolute Gasteiger partial charge is 0.493 e. The van der Waals surface area contributed by atoms with Crippen LogP contribution in [0.25, 0.3) is 11.1 Å². The molecule has 9 nitrogen and oxygen atoms in total. The third kappa shape index (κ3) is 4.75. The van der Waals surface area contributed by atoms with Gasteiger partial charge in [-0.3, -0.25) is 14.2 Å². The Labute approximate surface area is 165 Å². The number of esters is 1. The summed E-state index contributed by atoms with van der Waals surface area (Å²) < 4.78 is 21.5. The fourth-order valence-corrected chi connectivity index (χ4v) is 2.73. The predicted molar refractivity (Wildman–Crippen MR) is 103 cm³/mol. The Kier molecular flexibility index (Phi) is 6.18. The summed E-state index contributed by atoms with van der Waals surface area (Å²) in [4.78, 5) is 35.8. The molecule has 1 aromatic heterocycles. The van der Waals surface area contributed by atoms with E-state index in [9.17, 15) is 14.4 Å². The number of hydrogen-bond acceptors (Lipinski definition) is 7. The fourth-order valence-electron chi connectivity index (χ4n) is 2.73. The number of amides is 1. The van der Waals surface area contributed by atoms with Gasteiger partial charge in [0, 0.05) is 6.54 Å². The molecular weight excluding hydrogens is 380 g/mol. The van der Waals surface area contributed by atoms with Gasteiger partial charge in [0.05, 0.1) is 19.7 Å². The number of carbonyl (C=O) groups is 2. The summed E-state index contributed by atoms with van der Waals surface area (Å²) in [6.07, 6.45) is 0. The van der Waals surface area contributed by atoms with E-state index in [2.05, 4.69) is 5.32 Å². The van der Waals surface area contributed by atoms with Crippen LogP contribution >= 0.6 is 0 Å². The number of fused-ring (bicyclic) bond motifs is 1. The molecule has 0 radical (unpaired) electrons. The van der Waals surface area contributed by atoms with Crippen LogP contribution in [0.15, 0.2) is 51.7 Å². The zero-order valence-corrected chi connectivity index (χ0v) is 16.0. The van der Waals surface area contributed by atoms with E-state index in [1.54, 1.807) is 42.5 Å². The van der Waals surface area contributed by atoms with Crippen molar-refractivity contribution >= 4 is 23.0 Å². The number of rotatable bonds is 8. The topological polar surface area (TPSA) is 109 Å². The Hall–Kier alpha value is -3.75. The standard InChI is InChI=1S/C20H20N2O7/c1-26-16-8-7-13(9-17(16)27-2)10-21-18(23)12-28-19(24)11-22-14-5-3-4-6-15(14)29-20(22)25/h3-9H,10-12H2,1-2H3,(H,21,23). The summed E-state index contributed by atoms with van der Waals surface area (Å²) in [5.74, 6) is -0.736. The van der Waals surface area contributed by atoms with Gasteiger partial charge >= 0.3 is 11.7 Å². The summed E-state index contributed by atoms with van der Waals surface area (Å²) in [7, 11) is 3.06. The Balaban J connectivity index is 1.51. The van der Waals surface area contributed by atoms with Gasteiger partial charge in [0.2, 0.25) is 0 Å². The average molecular weight is 400 g/mol. The summed E-state index contributed by atoms with van der Waals surface area (Å²) in [6.45, 7) is -0.585. The van der Waals surface area contributed by atoms with Gasteiger partial charge in [0.15, 0.2) is 23.7 Å². The minimum absolute atomic E-state index is 0.225. The highest BCUT2D eigenvalue weighted by Gasteiger charge is 2.14. The van der Waals surface area contributed by atoms with Gasteiger partial charge in [-0.1, -0.05) is 18.2 Å². The second-order valence-corrected chi connectivity index (χ2v) is 6.05. The summed E-state index contributed by atoms with van der Waals surface area (Å²) >= 11 is 0. The second kappa shape index (κ2) is 8.96. The van der Waals surface area contributed by atoms with Crippen molar-refractivity contribution in [1.29, 1.82) is 0 Å². The van der Waals surface area contributed by atoms with Crippen LogP contribution in [0.2, 0.25) is 0 Å². The first-order chi connectivity index (χ1) is 14.0. The minimum atomic E-state index is -0.722. The average Bonchev–Trinajstić information content (AvgIpc) is 3.05. The molecule has 0 bridgehead atoms. The van der Waals surface area contributed by atoms with Crippen molar-refractivity contribution in [2.24, 2.45) is 0 Å². The van der Waals surface area contributed by atoms with Gasteiger partial charge in [-0.05, 0) is 29.8 Å². The highest BCUT2D eigenvalue weighted by Crippen LogP contribution is 2.27.